The van der Waals surface area contributed by atoms with E-state index in [9.17, 15) is 4.79 Å². The molecule has 1 N–H and O–H groups in total. The van der Waals surface area contributed by atoms with Crippen molar-refractivity contribution in [2.24, 2.45) is 0 Å². The van der Waals surface area contributed by atoms with Crippen molar-refractivity contribution in [1.82, 2.24) is 14.8 Å². The zero-order valence-corrected chi connectivity index (χ0v) is 15.2. The van der Waals surface area contributed by atoms with Crippen LogP contribution in [0.3, 0.4) is 0 Å². The molecular formula is C16H14Cl2N4OS. The smallest absolute Gasteiger partial charge is 0.227 e. The van der Waals surface area contributed by atoms with Crippen molar-refractivity contribution >= 4 is 46.7 Å². The number of hydrogen-bond donors (Lipinski definition) is 1. The number of rotatable bonds is 2. The number of nitrogens with one attached hydrogen (secondary N) is 1. The number of carbonyl (C=O) groups excluding carboxylic acids is 1. The number of nitrogens with zero attached hydrogens (tertiary/aromatic N) is 3. The van der Waals surface area contributed by atoms with Gasteiger partial charge in [-0.05, 0) is 31.2 Å². The number of aromatic nitrogens is 3. The lowest BCUT2D eigenvalue weighted by atomic mass is 9.85. The molecule has 1 atom stereocenters. The number of allylic oxidation sites excluding steroid dienone is 2. The fourth-order valence-electron chi connectivity index (χ4n) is 3.23. The first kappa shape index (κ1) is 16.0. The average molecular weight is 381 g/mol. The molecular weight excluding hydrogens is 367 g/mol. The van der Waals surface area contributed by atoms with Crippen LogP contribution in [0.25, 0.3) is 0 Å². The molecule has 1 aromatic heterocycles. The Morgan fingerprint density at radius 3 is 2.92 bits per heavy atom. The van der Waals surface area contributed by atoms with Crippen molar-refractivity contribution in [2.45, 2.75) is 30.5 Å². The van der Waals surface area contributed by atoms with Gasteiger partial charge in [-0.25, -0.2) is 4.68 Å². The Morgan fingerprint density at radius 2 is 2.17 bits per heavy atom. The summed E-state index contributed by atoms with van der Waals surface area (Å²) in [4.78, 5) is 17.1. The molecule has 0 fully saturated rings. The van der Waals surface area contributed by atoms with E-state index in [1.54, 1.807) is 16.8 Å². The Hall–Kier alpha value is -1.50. The highest BCUT2D eigenvalue weighted by atomic mass is 35.5. The van der Waals surface area contributed by atoms with Crippen LogP contribution in [0.1, 0.15) is 30.9 Å². The predicted molar refractivity (Wildman–Crippen MR) is 95.9 cm³/mol. The number of ketones is 1. The maximum Gasteiger partial charge on any atom is 0.227 e. The lowest BCUT2D eigenvalue weighted by Gasteiger charge is -2.32. The maximum absolute atomic E-state index is 12.6. The Kier molecular flexibility index (Phi) is 4.06. The highest BCUT2D eigenvalue weighted by molar-refractivity contribution is 7.98. The molecule has 0 amide bonds. The molecule has 2 aromatic rings. The second kappa shape index (κ2) is 6.10. The van der Waals surface area contributed by atoms with Gasteiger partial charge in [-0.3, -0.25) is 4.79 Å². The first-order valence-electron chi connectivity index (χ1n) is 7.57. The molecule has 5 nitrogen and oxygen atoms in total. The van der Waals surface area contributed by atoms with Gasteiger partial charge in [0.1, 0.15) is 6.04 Å². The molecule has 24 heavy (non-hydrogen) atoms. The van der Waals surface area contributed by atoms with E-state index < -0.39 is 0 Å². The van der Waals surface area contributed by atoms with Gasteiger partial charge in [-0.15, -0.1) is 5.10 Å². The first-order chi connectivity index (χ1) is 11.6. The van der Waals surface area contributed by atoms with Crippen LogP contribution in [0, 0.1) is 0 Å². The third-order valence-corrected chi connectivity index (χ3v) is 5.39. The predicted octanol–water partition coefficient (Wildman–Crippen LogP) is 4.33. The van der Waals surface area contributed by atoms with Crippen LogP contribution in [0.15, 0.2) is 34.6 Å². The average Bonchev–Trinajstić information content (AvgIpc) is 2.96. The van der Waals surface area contributed by atoms with Gasteiger partial charge in [0.25, 0.3) is 0 Å². The van der Waals surface area contributed by atoms with Crippen LogP contribution in [-0.2, 0) is 4.79 Å². The summed E-state index contributed by atoms with van der Waals surface area (Å²) >= 11 is 13.9. The highest BCUT2D eigenvalue weighted by Gasteiger charge is 2.37. The molecule has 1 unspecified atom stereocenters. The number of fused-ring (bicyclic) bond motifs is 1. The minimum atomic E-state index is -0.373. The highest BCUT2D eigenvalue weighted by Crippen LogP contribution is 2.42. The molecule has 1 aliphatic carbocycles. The summed E-state index contributed by atoms with van der Waals surface area (Å²) in [6.45, 7) is 0. The normalized spacial score (nSPS) is 19.8. The van der Waals surface area contributed by atoms with Gasteiger partial charge < -0.3 is 5.32 Å². The van der Waals surface area contributed by atoms with Crippen molar-refractivity contribution in [2.75, 3.05) is 11.6 Å². The van der Waals surface area contributed by atoms with Gasteiger partial charge in [-0.1, -0.05) is 41.0 Å². The summed E-state index contributed by atoms with van der Waals surface area (Å²) in [7, 11) is 0. The van der Waals surface area contributed by atoms with E-state index in [4.69, 9.17) is 23.2 Å². The molecule has 2 heterocycles. The topological polar surface area (TPSA) is 59.8 Å². The molecule has 0 saturated carbocycles. The van der Waals surface area contributed by atoms with E-state index in [-0.39, 0.29) is 11.8 Å². The summed E-state index contributed by atoms with van der Waals surface area (Å²) in [5.74, 6) is 0.774. The van der Waals surface area contributed by atoms with Gasteiger partial charge in [0, 0.05) is 33.3 Å². The Morgan fingerprint density at radius 1 is 1.33 bits per heavy atom. The minimum absolute atomic E-state index is 0.131. The van der Waals surface area contributed by atoms with Crippen molar-refractivity contribution in [3.05, 3.63) is 45.1 Å². The standard InChI is InChI=1S/C16H14Cl2N4OS/c1-24-16-20-15-19-11-3-2-4-12(23)13(11)14(22(15)21-16)9-6-5-8(17)7-10(9)18/h5-7,14H,2-4H2,1H3,(H,19,20,21). The quantitative estimate of drug-likeness (QED) is 0.785. The fourth-order valence-corrected chi connectivity index (χ4v) is 4.09. The van der Waals surface area contributed by atoms with E-state index >= 15 is 0 Å². The number of carbonyl (C=O) groups is 1. The summed E-state index contributed by atoms with van der Waals surface area (Å²) in [5, 5.41) is 9.56. The molecule has 124 valence electrons. The summed E-state index contributed by atoms with van der Waals surface area (Å²) < 4.78 is 1.75. The van der Waals surface area contributed by atoms with Gasteiger partial charge in [-0.2, -0.15) is 4.98 Å². The Labute approximate surface area is 153 Å². The third-order valence-electron chi connectivity index (χ3n) is 4.29. The van der Waals surface area contributed by atoms with Crippen molar-refractivity contribution in [3.8, 4) is 0 Å². The number of hydrogen-bond acceptors (Lipinski definition) is 5. The van der Waals surface area contributed by atoms with Crippen molar-refractivity contribution in [3.63, 3.8) is 0 Å². The summed E-state index contributed by atoms with van der Waals surface area (Å²) in [6, 6.07) is 4.96. The maximum atomic E-state index is 12.6. The van der Waals surface area contributed by atoms with Gasteiger partial charge in [0.05, 0.1) is 0 Å². The van der Waals surface area contributed by atoms with Gasteiger partial charge >= 0.3 is 0 Å². The van der Waals surface area contributed by atoms with Crippen LogP contribution in [0.5, 0.6) is 0 Å². The van der Waals surface area contributed by atoms with Gasteiger partial charge in [0.2, 0.25) is 11.1 Å². The van der Waals surface area contributed by atoms with Crippen LogP contribution in [-0.4, -0.2) is 26.8 Å². The fraction of sp³-hybridized carbons (Fsp3) is 0.312. The number of halogens is 2. The van der Waals surface area contributed by atoms with E-state index in [0.717, 1.165) is 29.7 Å². The molecule has 0 saturated heterocycles. The number of anilines is 1. The van der Waals surface area contributed by atoms with Crippen LogP contribution < -0.4 is 5.32 Å². The SMILES string of the molecule is CSc1nc2n(n1)C(c1ccc(Cl)cc1Cl)C1=C(CCCC1=O)N2. The van der Waals surface area contributed by atoms with E-state index in [2.05, 4.69) is 15.4 Å². The van der Waals surface area contributed by atoms with Gasteiger partial charge in [0.15, 0.2) is 5.78 Å². The molecule has 0 bridgehead atoms. The van der Waals surface area contributed by atoms with E-state index in [1.807, 2.05) is 12.3 Å². The molecule has 0 radical (unpaired) electrons. The van der Waals surface area contributed by atoms with E-state index in [0.29, 0.717) is 27.6 Å². The largest absolute Gasteiger partial charge is 0.328 e. The molecule has 4 rings (SSSR count). The number of benzene rings is 1. The molecule has 1 aromatic carbocycles. The number of thioether (sulfide) groups is 1. The van der Waals surface area contributed by atoms with Crippen molar-refractivity contribution in [1.29, 1.82) is 0 Å². The monoisotopic (exact) mass is 380 g/mol. The van der Waals surface area contributed by atoms with E-state index in [1.165, 1.54) is 11.8 Å². The number of Topliss-reactive ketones (excluding diaryl/α,β-unsaturated/α-hetero) is 1. The lowest BCUT2D eigenvalue weighted by Crippen LogP contribution is -2.31. The van der Waals surface area contributed by atoms with Crippen LogP contribution in [0.2, 0.25) is 10.0 Å². The molecule has 2 aliphatic rings. The molecule has 8 heteroatoms. The molecule has 1 aliphatic heterocycles. The van der Waals surface area contributed by atoms with Crippen molar-refractivity contribution < 1.29 is 4.79 Å². The third kappa shape index (κ3) is 2.53. The zero-order valence-electron chi connectivity index (χ0n) is 12.8. The first-order valence-corrected chi connectivity index (χ1v) is 9.55. The summed E-state index contributed by atoms with van der Waals surface area (Å²) in [6.07, 6.45) is 4.13. The summed E-state index contributed by atoms with van der Waals surface area (Å²) in [5.41, 5.74) is 2.47. The Bertz CT molecular complexity index is 877. The second-order valence-electron chi connectivity index (χ2n) is 5.73. The lowest BCUT2D eigenvalue weighted by molar-refractivity contribution is -0.116. The molecule has 0 spiro atoms. The second-order valence-corrected chi connectivity index (χ2v) is 7.35. The minimum Gasteiger partial charge on any atom is -0.328 e. The van der Waals surface area contributed by atoms with Crippen LogP contribution >= 0.6 is 35.0 Å². The van der Waals surface area contributed by atoms with Crippen LogP contribution in [0.4, 0.5) is 5.95 Å². The zero-order chi connectivity index (χ0) is 16.8. The Balaban J connectivity index is 1.94.